The Balaban J connectivity index is 3.04. The van der Waals surface area contributed by atoms with Crippen LogP contribution in [-0.4, -0.2) is 19.7 Å². The number of fused-ring (bicyclic) bond motifs is 1. The van der Waals surface area contributed by atoms with Gasteiger partial charge in [0, 0.05) is 7.05 Å². The first-order valence-corrected chi connectivity index (χ1v) is 4.00. The van der Waals surface area contributed by atoms with Crippen molar-refractivity contribution in [2.75, 3.05) is 0 Å². The van der Waals surface area contributed by atoms with Crippen molar-refractivity contribution in [2.24, 2.45) is 7.05 Å². The number of imidazole rings is 1. The van der Waals surface area contributed by atoms with Gasteiger partial charge in [-0.25, -0.2) is 9.67 Å². The summed E-state index contributed by atoms with van der Waals surface area (Å²) < 4.78 is 1.31. The molecular weight excluding hydrogens is 168 g/mol. The van der Waals surface area contributed by atoms with Crippen molar-refractivity contribution in [3.05, 3.63) is 21.9 Å². The van der Waals surface area contributed by atoms with E-state index >= 15 is 0 Å². The van der Waals surface area contributed by atoms with Crippen LogP contribution >= 0.6 is 0 Å². The summed E-state index contributed by atoms with van der Waals surface area (Å²) in [5.74, 6) is 0.739. The zero-order chi connectivity index (χ0) is 9.59. The highest BCUT2D eigenvalue weighted by Crippen LogP contribution is 2.08. The Hall–Kier alpha value is -1.65. The van der Waals surface area contributed by atoms with Gasteiger partial charge in [0.25, 0.3) is 5.56 Å². The van der Waals surface area contributed by atoms with Crippen molar-refractivity contribution in [1.82, 2.24) is 19.7 Å². The van der Waals surface area contributed by atoms with Crippen LogP contribution in [0, 0.1) is 13.8 Å². The summed E-state index contributed by atoms with van der Waals surface area (Å²) in [4.78, 5) is 18.6. The molecule has 0 unspecified atom stereocenters. The molecule has 0 aromatic carbocycles. The number of rotatable bonds is 0. The van der Waals surface area contributed by atoms with Crippen LogP contribution in [0.1, 0.15) is 11.5 Å². The molecule has 0 fully saturated rings. The molecule has 0 spiro atoms. The van der Waals surface area contributed by atoms with Crippen molar-refractivity contribution in [3.8, 4) is 0 Å². The Morgan fingerprint density at radius 1 is 1.38 bits per heavy atom. The third kappa shape index (κ3) is 1.04. The molecule has 0 atom stereocenters. The highest BCUT2D eigenvalue weighted by Gasteiger charge is 2.08. The van der Waals surface area contributed by atoms with Crippen molar-refractivity contribution < 1.29 is 0 Å². The van der Waals surface area contributed by atoms with Crippen LogP contribution in [-0.2, 0) is 7.05 Å². The lowest BCUT2D eigenvalue weighted by Crippen LogP contribution is -2.20. The monoisotopic (exact) mass is 178 g/mol. The first kappa shape index (κ1) is 7.97. The highest BCUT2D eigenvalue weighted by atomic mass is 16.1. The average Bonchev–Trinajstić information content (AvgIpc) is 2.44. The number of nitrogens with zero attached hydrogens (tertiary/aromatic N) is 3. The van der Waals surface area contributed by atoms with E-state index in [1.165, 1.54) is 4.68 Å². The van der Waals surface area contributed by atoms with Crippen molar-refractivity contribution in [2.45, 2.75) is 13.8 Å². The smallest absolute Gasteiger partial charge is 0.292 e. The van der Waals surface area contributed by atoms with Crippen LogP contribution in [0.4, 0.5) is 0 Å². The fourth-order valence-corrected chi connectivity index (χ4v) is 1.39. The van der Waals surface area contributed by atoms with E-state index in [0.29, 0.717) is 11.0 Å². The molecule has 2 aromatic rings. The maximum absolute atomic E-state index is 11.5. The first-order chi connectivity index (χ1) is 6.09. The number of nitrogens with one attached hydrogen (secondary N) is 1. The van der Waals surface area contributed by atoms with E-state index in [-0.39, 0.29) is 5.56 Å². The van der Waals surface area contributed by atoms with Gasteiger partial charge in [-0.05, 0) is 13.8 Å². The van der Waals surface area contributed by atoms with Crippen molar-refractivity contribution in [1.29, 1.82) is 0 Å². The zero-order valence-corrected chi connectivity index (χ0v) is 7.75. The van der Waals surface area contributed by atoms with Crippen LogP contribution in [0.5, 0.6) is 0 Å². The fraction of sp³-hybridized carbons (Fsp3) is 0.375. The van der Waals surface area contributed by atoms with Gasteiger partial charge in [0.2, 0.25) is 0 Å². The Morgan fingerprint density at radius 3 is 2.77 bits per heavy atom. The Kier molecular flexibility index (Phi) is 1.48. The SMILES string of the molecule is Cc1nc2c(C)nn(C)c(=O)c2[nH]1. The molecule has 2 aromatic heterocycles. The zero-order valence-electron chi connectivity index (χ0n) is 7.75. The lowest BCUT2D eigenvalue weighted by Gasteiger charge is -1.97. The van der Waals surface area contributed by atoms with E-state index in [4.69, 9.17) is 0 Å². The summed E-state index contributed by atoms with van der Waals surface area (Å²) in [6, 6.07) is 0. The molecule has 0 aliphatic rings. The van der Waals surface area contributed by atoms with Crippen LogP contribution in [0.15, 0.2) is 4.79 Å². The molecule has 0 radical (unpaired) electrons. The predicted molar refractivity (Wildman–Crippen MR) is 48.6 cm³/mol. The maximum Gasteiger partial charge on any atom is 0.292 e. The highest BCUT2D eigenvalue weighted by molar-refractivity contribution is 5.75. The molecule has 0 bridgehead atoms. The molecule has 13 heavy (non-hydrogen) atoms. The second-order valence-corrected chi connectivity index (χ2v) is 3.06. The molecule has 0 amide bonds. The first-order valence-electron chi connectivity index (χ1n) is 4.00. The van der Waals surface area contributed by atoms with Crippen LogP contribution in [0.2, 0.25) is 0 Å². The van der Waals surface area contributed by atoms with Crippen LogP contribution in [0.3, 0.4) is 0 Å². The summed E-state index contributed by atoms with van der Waals surface area (Å²) in [5.41, 5.74) is 1.83. The molecule has 0 aliphatic heterocycles. The van der Waals surface area contributed by atoms with Gasteiger partial charge in [0.1, 0.15) is 16.9 Å². The second-order valence-electron chi connectivity index (χ2n) is 3.06. The average molecular weight is 178 g/mol. The second kappa shape index (κ2) is 2.42. The van der Waals surface area contributed by atoms with E-state index in [1.54, 1.807) is 7.05 Å². The largest absolute Gasteiger partial charge is 0.338 e. The summed E-state index contributed by atoms with van der Waals surface area (Å²) in [5, 5.41) is 4.04. The lowest BCUT2D eigenvalue weighted by molar-refractivity contribution is 0.703. The number of hydrogen-bond acceptors (Lipinski definition) is 3. The number of aromatic amines is 1. The van der Waals surface area contributed by atoms with Gasteiger partial charge in [-0.15, -0.1) is 0 Å². The summed E-state index contributed by atoms with van der Waals surface area (Å²) in [7, 11) is 1.63. The quantitative estimate of drug-likeness (QED) is 0.630. The van der Waals surface area contributed by atoms with E-state index in [0.717, 1.165) is 11.5 Å². The van der Waals surface area contributed by atoms with E-state index in [1.807, 2.05) is 13.8 Å². The molecule has 0 saturated heterocycles. The Morgan fingerprint density at radius 2 is 2.08 bits per heavy atom. The molecule has 5 heteroatoms. The van der Waals surface area contributed by atoms with Gasteiger partial charge < -0.3 is 4.98 Å². The number of hydrogen-bond donors (Lipinski definition) is 1. The van der Waals surface area contributed by atoms with Crippen molar-refractivity contribution in [3.63, 3.8) is 0 Å². The minimum absolute atomic E-state index is 0.138. The standard InChI is InChI=1S/C8H10N4O/c1-4-6-7(10-5(2)9-6)8(13)12(3)11-4/h1-3H3,(H,9,10). The summed E-state index contributed by atoms with van der Waals surface area (Å²) in [6.45, 7) is 3.65. The van der Waals surface area contributed by atoms with Crippen LogP contribution in [0.25, 0.3) is 11.0 Å². The topological polar surface area (TPSA) is 63.6 Å². The maximum atomic E-state index is 11.5. The van der Waals surface area contributed by atoms with Gasteiger partial charge in [0.05, 0.1) is 5.69 Å². The lowest BCUT2D eigenvalue weighted by atomic mass is 10.3. The molecule has 2 heterocycles. The molecule has 68 valence electrons. The number of aromatic nitrogens is 4. The normalized spacial score (nSPS) is 11.0. The molecule has 1 N–H and O–H groups in total. The van der Waals surface area contributed by atoms with Gasteiger partial charge in [0.15, 0.2) is 0 Å². The summed E-state index contributed by atoms with van der Waals surface area (Å²) in [6.07, 6.45) is 0. The number of aryl methyl sites for hydroxylation is 3. The minimum Gasteiger partial charge on any atom is -0.338 e. The number of H-pyrrole nitrogens is 1. The Labute approximate surface area is 74.4 Å². The minimum atomic E-state index is -0.138. The van der Waals surface area contributed by atoms with Crippen molar-refractivity contribution >= 4 is 11.0 Å². The van der Waals surface area contributed by atoms with E-state index in [9.17, 15) is 4.79 Å². The van der Waals surface area contributed by atoms with Gasteiger partial charge in [-0.3, -0.25) is 4.79 Å². The molecule has 5 nitrogen and oxygen atoms in total. The third-order valence-corrected chi connectivity index (χ3v) is 1.97. The molecular formula is C8H10N4O. The molecule has 0 aliphatic carbocycles. The van der Waals surface area contributed by atoms with E-state index < -0.39 is 0 Å². The Bertz CT molecular complexity index is 523. The van der Waals surface area contributed by atoms with E-state index in [2.05, 4.69) is 15.1 Å². The van der Waals surface area contributed by atoms with Crippen LogP contribution < -0.4 is 5.56 Å². The van der Waals surface area contributed by atoms with Gasteiger partial charge in [-0.1, -0.05) is 0 Å². The van der Waals surface area contributed by atoms with Gasteiger partial charge in [-0.2, -0.15) is 5.10 Å². The predicted octanol–water partition coefficient (Wildman–Crippen LogP) is 0.273. The third-order valence-electron chi connectivity index (χ3n) is 1.97. The summed E-state index contributed by atoms with van der Waals surface area (Å²) >= 11 is 0. The van der Waals surface area contributed by atoms with Gasteiger partial charge >= 0.3 is 0 Å². The fourth-order valence-electron chi connectivity index (χ4n) is 1.39. The molecule has 2 rings (SSSR count). The molecule has 0 saturated carbocycles.